The summed E-state index contributed by atoms with van der Waals surface area (Å²) in [5, 5.41) is 9.16. The largest absolute Gasteiger partial charge is 0.481 e. The van der Waals surface area contributed by atoms with Gasteiger partial charge in [-0.15, -0.1) is 0 Å². The highest BCUT2D eigenvalue weighted by Gasteiger charge is 2.37. The number of aliphatic carboxylic acids is 1. The van der Waals surface area contributed by atoms with E-state index in [2.05, 4.69) is 13.8 Å². The molecule has 0 atom stereocenters. The van der Waals surface area contributed by atoms with Crippen molar-refractivity contribution in [3.8, 4) is 0 Å². The first-order valence-corrected chi connectivity index (χ1v) is 7.88. The molecular formula is C16H29NO3. The topological polar surface area (TPSA) is 57.6 Å². The quantitative estimate of drug-likeness (QED) is 0.780. The Morgan fingerprint density at radius 2 is 1.75 bits per heavy atom. The van der Waals surface area contributed by atoms with Crippen LogP contribution >= 0.6 is 0 Å². The van der Waals surface area contributed by atoms with Crippen molar-refractivity contribution in [1.29, 1.82) is 0 Å². The predicted octanol–water partition coefficient (Wildman–Crippen LogP) is 3.31. The second-order valence-electron chi connectivity index (χ2n) is 6.63. The highest BCUT2D eigenvalue weighted by atomic mass is 16.4. The molecule has 4 heteroatoms. The Hall–Kier alpha value is -1.06. The van der Waals surface area contributed by atoms with Crippen molar-refractivity contribution in [2.24, 2.45) is 11.3 Å². The number of hydrogen-bond donors (Lipinski definition) is 1. The molecule has 4 nitrogen and oxygen atoms in total. The van der Waals surface area contributed by atoms with Gasteiger partial charge in [0.2, 0.25) is 5.91 Å². The van der Waals surface area contributed by atoms with Gasteiger partial charge in [-0.1, -0.05) is 33.1 Å². The summed E-state index contributed by atoms with van der Waals surface area (Å²) in [7, 11) is 0. The van der Waals surface area contributed by atoms with Crippen LogP contribution in [0.25, 0.3) is 0 Å². The molecule has 1 aliphatic rings. The highest BCUT2D eigenvalue weighted by Crippen LogP contribution is 2.42. The molecule has 0 aliphatic heterocycles. The number of carbonyl (C=O) groups excluding carboxylic acids is 1. The van der Waals surface area contributed by atoms with E-state index >= 15 is 0 Å². The molecule has 0 radical (unpaired) electrons. The maximum atomic E-state index is 12.5. The molecular weight excluding hydrogens is 254 g/mol. The average molecular weight is 283 g/mol. The molecule has 0 heterocycles. The first-order chi connectivity index (χ1) is 9.38. The zero-order chi connectivity index (χ0) is 15.2. The second-order valence-corrected chi connectivity index (χ2v) is 6.63. The van der Waals surface area contributed by atoms with Gasteiger partial charge in [-0.25, -0.2) is 0 Å². The van der Waals surface area contributed by atoms with Gasteiger partial charge in [0.1, 0.15) is 0 Å². The summed E-state index contributed by atoms with van der Waals surface area (Å²) < 4.78 is 0. The van der Waals surface area contributed by atoms with Crippen LogP contribution in [0.15, 0.2) is 0 Å². The molecule has 1 aliphatic carbocycles. The fourth-order valence-electron chi connectivity index (χ4n) is 3.32. The van der Waals surface area contributed by atoms with Crippen LogP contribution in [0.2, 0.25) is 0 Å². The molecule has 1 amide bonds. The van der Waals surface area contributed by atoms with Crippen LogP contribution in [0, 0.1) is 11.3 Å². The Morgan fingerprint density at radius 1 is 1.15 bits per heavy atom. The van der Waals surface area contributed by atoms with E-state index in [1.165, 1.54) is 6.42 Å². The van der Waals surface area contributed by atoms with Gasteiger partial charge in [0.05, 0.1) is 6.42 Å². The molecule has 0 spiro atoms. The van der Waals surface area contributed by atoms with E-state index in [4.69, 9.17) is 5.11 Å². The third kappa shape index (κ3) is 5.14. The van der Waals surface area contributed by atoms with Crippen LogP contribution in [0.5, 0.6) is 0 Å². The number of carboxylic acid groups (broad SMARTS) is 1. The lowest BCUT2D eigenvalue weighted by molar-refractivity contribution is -0.142. The van der Waals surface area contributed by atoms with E-state index < -0.39 is 5.97 Å². The standard InChI is InChI=1S/C16H29NO3/c1-4-17(12-13(2)3)14(18)10-16(11-15(19)20)8-6-5-7-9-16/h13H,4-12H2,1-3H3,(H,19,20). The maximum Gasteiger partial charge on any atom is 0.303 e. The summed E-state index contributed by atoms with van der Waals surface area (Å²) in [5.41, 5.74) is -0.300. The van der Waals surface area contributed by atoms with Gasteiger partial charge >= 0.3 is 5.97 Å². The minimum Gasteiger partial charge on any atom is -0.481 e. The summed E-state index contributed by atoms with van der Waals surface area (Å²) in [5.74, 6) is -0.198. The lowest BCUT2D eigenvalue weighted by Crippen LogP contribution is -2.39. The molecule has 0 aromatic rings. The molecule has 1 rings (SSSR count). The molecule has 116 valence electrons. The van der Waals surface area contributed by atoms with E-state index in [-0.39, 0.29) is 17.7 Å². The summed E-state index contributed by atoms with van der Waals surface area (Å²) in [4.78, 5) is 25.5. The molecule has 1 fully saturated rings. The number of hydrogen-bond acceptors (Lipinski definition) is 2. The number of carboxylic acids is 1. The van der Waals surface area contributed by atoms with Crippen molar-refractivity contribution in [1.82, 2.24) is 4.90 Å². The van der Waals surface area contributed by atoms with E-state index in [1.807, 2.05) is 11.8 Å². The zero-order valence-corrected chi connectivity index (χ0v) is 13.2. The Morgan fingerprint density at radius 3 is 2.20 bits per heavy atom. The van der Waals surface area contributed by atoms with E-state index in [1.54, 1.807) is 0 Å². The third-order valence-corrected chi connectivity index (χ3v) is 4.29. The Labute approximate surface area is 122 Å². The third-order valence-electron chi connectivity index (χ3n) is 4.29. The normalized spacial score (nSPS) is 18.0. The van der Waals surface area contributed by atoms with E-state index in [0.717, 1.165) is 32.2 Å². The zero-order valence-electron chi connectivity index (χ0n) is 13.2. The van der Waals surface area contributed by atoms with Crippen molar-refractivity contribution in [3.05, 3.63) is 0 Å². The lowest BCUT2D eigenvalue weighted by Gasteiger charge is -2.37. The van der Waals surface area contributed by atoms with Crippen LogP contribution in [0.1, 0.15) is 65.7 Å². The summed E-state index contributed by atoms with van der Waals surface area (Å²) in [6.07, 6.45) is 5.57. The van der Waals surface area contributed by atoms with Crippen molar-refractivity contribution in [2.45, 2.75) is 65.7 Å². The van der Waals surface area contributed by atoms with Gasteiger partial charge in [-0.2, -0.15) is 0 Å². The Bertz CT molecular complexity index is 333. The summed E-state index contributed by atoms with van der Waals surface area (Å²) in [6.45, 7) is 7.66. The van der Waals surface area contributed by atoms with Crippen molar-refractivity contribution < 1.29 is 14.7 Å². The van der Waals surface area contributed by atoms with Crippen LogP contribution < -0.4 is 0 Å². The first-order valence-electron chi connectivity index (χ1n) is 7.88. The molecule has 0 bridgehead atoms. The second kappa shape index (κ2) is 7.65. The number of amides is 1. The lowest BCUT2D eigenvalue weighted by atomic mass is 9.69. The first kappa shape index (κ1) is 17.0. The van der Waals surface area contributed by atoms with Crippen molar-refractivity contribution in [3.63, 3.8) is 0 Å². The highest BCUT2D eigenvalue weighted by molar-refractivity contribution is 5.78. The number of rotatable bonds is 7. The molecule has 1 N–H and O–H groups in total. The van der Waals surface area contributed by atoms with Gasteiger partial charge in [-0.3, -0.25) is 9.59 Å². The Kier molecular flexibility index (Phi) is 6.50. The smallest absolute Gasteiger partial charge is 0.303 e. The Balaban J connectivity index is 2.72. The van der Waals surface area contributed by atoms with Gasteiger partial charge in [0, 0.05) is 19.5 Å². The van der Waals surface area contributed by atoms with Gasteiger partial charge < -0.3 is 10.0 Å². The van der Waals surface area contributed by atoms with Crippen LogP contribution in [-0.4, -0.2) is 35.0 Å². The fraction of sp³-hybridized carbons (Fsp3) is 0.875. The monoisotopic (exact) mass is 283 g/mol. The van der Waals surface area contributed by atoms with Crippen molar-refractivity contribution >= 4 is 11.9 Å². The van der Waals surface area contributed by atoms with Crippen LogP contribution in [-0.2, 0) is 9.59 Å². The summed E-state index contributed by atoms with van der Waals surface area (Å²) in [6, 6.07) is 0. The average Bonchev–Trinajstić information content (AvgIpc) is 2.35. The van der Waals surface area contributed by atoms with Crippen LogP contribution in [0.4, 0.5) is 0 Å². The molecule has 0 saturated heterocycles. The SMILES string of the molecule is CCN(CC(C)C)C(=O)CC1(CC(=O)O)CCCCC1. The van der Waals surface area contributed by atoms with Gasteiger partial charge in [-0.05, 0) is 31.1 Å². The number of carbonyl (C=O) groups is 2. The van der Waals surface area contributed by atoms with Crippen LogP contribution in [0.3, 0.4) is 0 Å². The molecule has 0 aromatic heterocycles. The maximum absolute atomic E-state index is 12.5. The van der Waals surface area contributed by atoms with E-state index in [9.17, 15) is 9.59 Å². The fourth-order valence-corrected chi connectivity index (χ4v) is 3.32. The van der Waals surface area contributed by atoms with Gasteiger partial charge in [0.15, 0.2) is 0 Å². The minimum absolute atomic E-state index is 0.129. The molecule has 20 heavy (non-hydrogen) atoms. The summed E-state index contributed by atoms with van der Waals surface area (Å²) >= 11 is 0. The number of nitrogens with zero attached hydrogens (tertiary/aromatic N) is 1. The molecule has 0 aromatic carbocycles. The van der Waals surface area contributed by atoms with Gasteiger partial charge in [0.25, 0.3) is 0 Å². The minimum atomic E-state index is -0.772. The van der Waals surface area contributed by atoms with Crippen molar-refractivity contribution in [2.75, 3.05) is 13.1 Å². The molecule has 1 saturated carbocycles. The predicted molar refractivity (Wildman–Crippen MR) is 79.5 cm³/mol. The van der Waals surface area contributed by atoms with E-state index in [0.29, 0.717) is 18.9 Å². The molecule has 0 unspecified atom stereocenters.